The maximum atomic E-state index is 11.2. The van der Waals surface area contributed by atoms with E-state index in [1.807, 2.05) is 25.1 Å². The molecule has 1 aromatic heterocycles. The van der Waals surface area contributed by atoms with Crippen molar-refractivity contribution in [2.24, 2.45) is 0 Å². The molecule has 0 saturated heterocycles. The van der Waals surface area contributed by atoms with Gasteiger partial charge in [0.1, 0.15) is 0 Å². The van der Waals surface area contributed by atoms with E-state index in [0.29, 0.717) is 6.61 Å². The molecule has 0 atom stereocenters. The minimum Gasteiger partial charge on any atom is -0.463 e. The first-order valence-electron chi connectivity index (χ1n) is 6.21. The van der Waals surface area contributed by atoms with Crippen molar-refractivity contribution in [1.29, 1.82) is 0 Å². The molecule has 0 unspecified atom stereocenters. The van der Waals surface area contributed by atoms with Gasteiger partial charge in [0.05, 0.1) is 6.61 Å². The lowest BCUT2D eigenvalue weighted by atomic mass is 10.2. The Labute approximate surface area is 117 Å². The van der Waals surface area contributed by atoms with Gasteiger partial charge < -0.3 is 4.74 Å². The van der Waals surface area contributed by atoms with Crippen LogP contribution in [0.5, 0.6) is 0 Å². The number of esters is 1. The number of hydrogen-bond acceptors (Lipinski definition) is 3. The van der Waals surface area contributed by atoms with Crippen molar-refractivity contribution in [3.63, 3.8) is 0 Å². The van der Waals surface area contributed by atoms with Crippen LogP contribution in [0.2, 0.25) is 0 Å². The van der Waals surface area contributed by atoms with Crippen LogP contribution in [0, 0.1) is 0 Å². The zero-order valence-electron chi connectivity index (χ0n) is 11.1. The molecule has 1 aromatic carbocycles. The fourth-order valence-corrected chi connectivity index (χ4v) is 2.76. The minimum atomic E-state index is -0.303. The Kier molecular flexibility index (Phi) is 4.53. The Hall–Kier alpha value is -1.87. The molecule has 1 heterocycles. The zero-order chi connectivity index (χ0) is 13.7. The van der Waals surface area contributed by atoms with Crippen LogP contribution in [-0.4, -0.2) is 12.6 Å². The number of rotatable bonds is 4. The predicted molar refractivity (Wildman–Crippen MR) is 81.2 cm³/mol. The molecule has 19 heavy (non-hydrogen) atoms. The molecule has 0 radical (unpaired) electrons. The van der Waals surface area contributed by atoms with Gasteiger partial charge in [-0.2, -0.15) is 0 Å². The molecule has 2 aromatic rings. The fraction of sp³-hybridized carbons (Fsp3) is 0.188. The van der Waals surface area contributed by atoms with Gasteiger partial charge >= 0.3 is 5.97 Å². The Morgan fingerprint density at radius 1 is 1.37 bits per heavy atom. The van der Waals surface area contributed by atoms with Crippen molar-refractivity contribution in [2.75, 3.05) is 6.61 Å². The molecule has 2 rings (SSSR count). The van der Waals surface area contributed by atoms with Crippen LogP contribution in [-0.2, 0) is 9.53 Å². The SMILES string of the molecule is CCOC(=O)C=CC=C(C)c1cc2ccccc2s1. The highest BCUT2D eigenvalue weighted by molar-refractivity contribution is 7.20. The highest BCUT2D eigenvalue weighted by Crippen LogP contribution is 2.30. The van der Waals surface area contributed by atoms with Crippen molar-refractivity contribution < 1.29 is 9.53 Å². The van der Waals surface area contributed by atoms with E-state index < -0.39 is 0 Å². The summed E-state index contributed by atoms with van der Waals surface area (Å²) >= 11 is 1.76. The Morgan fingerprint density at radius 3 is 2.89 bits per heavy atom. The van der Waals surface area contributed by atoms with Gasteiger partial charge in [-0.05, 0) is 36.9 Å². The fourth-order valence-electron chi connectivity index (χ4n) is 1.72. The molecule has 98 valence electrons. The molecule has 0 saturated carbocycles. The van der Waals surface area contributed by atoms with Crippen LogP contribution in [0.25, 0.3) is 15.7 Å². The van der Waals surface area contributed by atoms with E-state index in [0.717, 1.165) is 5.57 Å². The topological polar surface area (TPSA) is 26.3 Å². The van der Waals surface area contributed by atoms with Crippen LogP contribution in [0.3, 0.4) is 0 Å². The van der Waals surface area contributed by atoms with Crippen LogP contribution in [0.15, 0.2) is 48.6 Å². The molecule has 0 spiro atoms. The van der Waals surface area contributed by atoms with Gasteiger partial charge in [0.15, 0.2) is 0 Å². The Bertz CT molecular complexity index is 602. The van der Waals surface area contributed by atoms with Crippen LogP contribution >= 0.6 is 11.3 Å². The first-order valence-corrected chi connectivity index (χ1v) is 7.03. The molecule has 0 aliphatic rings. The number of fused-ring (bicyclic) bond motifs is 1. The van der Waals surface area contributed by atoms with E-state index >= 15 is 0 Å². The van der Waals surface area contributed by atoms with Gasteiger partial charge in [-0.1, -0.05) is 30.4 Å². The van der Waals surface area contributed by atoms with E-state index in [1.165, 1.54) is 21.0 Å². The van der Waals surface area contributed by atoms with Crippen molar-refractivity contribution in [3.8, 4) is 0 Å². The van der Waals surface area contributed by atoms with E-state index in [2.05, 4.69) is 18.2 Å². The van der Waals surface area contributed by atoms with Crippen LogP contribution < -0.4 is 0 Å². The monoisotopic (exact) mass is 272 g/mol. The van der Waals surface area contributed by atoms with Gasteiger partial charge in [-0.3, -0.25) is 0 Å². The van der Waals surface area contributed by atoms with Gasteiger partial charge in [-0.25, -0.2) is 4.79 Å². The molecule has 0 aliphatic carbocycles. The first-order chi connectivity index (χ1) is 9.20. The van der Waals surface area contributed by atoms with Crippen molar-refractivity contribution in [1.82, 2.24) is 0 Å². The van der Waals surface area contributed by atoms with Crippen molar-refractivity contribution in [2.45, 2.75) is 13.8 Å². The summed E-state index contributed by atoms with van der Waals surface area (Å²) in [5.41, 5.74) is 1.14. The number of ether oxygens (including phenoxy) is 1. The highest BCUT2D eigenvalue weighted by atomic mass is 32.1. The summed E-state index contributed by atoms with van der Waals surface area (Å²) in [6, 6.07) is 10.5. The standard InChI is InChI=1S/C16H16O2S/c1-3-18-16(17)10-6-7-12(2)15-11-13-8-4-5-9-14(13)19-15/h4-11H,3H2,1-2H3. The van der Waals surface area contributed by atoms with E-state index in [-0.39, 0.29) is 5.97 Å². The van der Waals surface area contributed by atoms with Crippen molar-refractivity contribution in [3.05, 3.63) is 53.4 Å². The quantitative estimate of drug-likeness (QED) is 0.468. The Balaban J connectivity index is 2.14. The number of carbonyl (C=O) groups is 1. The second kappa shape index (κ2) is 6.34. The highest BCUT2D eigenvalue weighted by Gasteiger charge is 2.01. The molecule has 0 bridgehead atoms. The summed E-state index contributed by atoms with van der Waals surface area (Å²) in [6.45, 7) is 4.24. The zero-order valence-corrected chi connectivity index (χ0v) is 11.9. The number of allylic oxidation sites excluding steroid dienone is 3. The second-order valence-electron chi connectivity index (χ2n) is 4.11. The van der Waals surface area contributed by atoms with Crippen LogP contribution in [0.4, 0.5) is 0 Å². The molecule has 3 heteroatoms. The van der Waals surface area contributed by atoms with Crippen molar-refractivity contribution >= 4 is 33.0 Å². The third-order valence-corrected chi connectivity index (χ3v) is 3.93. The lowest BCUT2D eigenvalue weighted by Crippen LogP contribution is -1.98. The van der Waals surface area contributed by atoms with Gasteiger partial charge in [-0.15, -0.1) is 11.3 Å². The number of benzene rings is 1. The summed E-state index contributed by atoms with van der Waals surface area (Å²) in [5.74, 6) is -0.303. The molecule has 0 aliphatic heterocycles. The summed E-state index contributed by atoms with van der Waals surface area (Å²) in [4.78, 5) is 12.4. The lowest BCUT2D eigenvalue weighted by molar-refractivity contribution is -0.137. The molecule has 2 nitrogen and oxygen atoms in total. The Morgan fingerprint density at radius 2 is 2.16 bits per heavy atom. The second-order valence-corrected chi connectivity index (χ2v) is 5.19. The van der Waals surface area contributed by atoms with Gasteiger partial charge in [0.2, 0.25) is 0 Å². The smallest absolute Gasteiger partial charge is 0.330 e. The maximum absolute atomic E-state index is 11.2. The summed E-state index contributed by atoms with van der Waals surface area (Å²) in [5, 5.41) is 1.25. The summed E-state index contributed by atoms with van der Waals surface area (Å²) in [7, 11) is 0. The number of carbonyl (C=O) groups excluding carboxylic acids is 1. The lowest BCUT2D eigenvalue weighted by Gasteiger charge is -1.94. The minimum absolute atomic E-state index is 0.303. The number of hydrogen-bond donors (Lipinski definition) is 0. The average Bonchev–Trinajstić information content (AvgIpc) is 2.82. The molecule has 0 fully saturated rings. The third kappa shape index (κ3) is 3.55. The van der Waals surface area contributed by atoms with E-state index in [4.69, 9.17) is 4.74 Å². The van der Waals surface area contributed by atoms with E-state index in [9.17, 15) is 4.79 Å². The third-order valence-electron chi connectivity index (χ3n) is 2.68. The van der Waals surface area contributed by atoms with Crippen LogP contribution in [0.1, 0.15) is 18.7 Å². The first kappa shape index (κ1) is 13.6. The molecular weight excluding hydrogens is 256 g/mol. The molecular formula is C16H16O2S. The normalized spacial score (nSPS) is 12.2. The maximum Gasteiger partial charge on any atom is 0.330 e. The molecule has 0 amide bonds. The predicted octanol–water partition coefficient (Wildman–Crippen LogP) is 4.42. The number of thiophene rings is 1. The van der Waals surface area contributed by atoms with Gasteiger partial charge in [0, 0.05) is 15.7 Å². The summed E-state index contributed by atoms with van der Waals surface area (Å²) < 4.78 is 6.10. The largest absolute Gasteiger partial charge is 0.463 e. The van der Waals surface area contributed by atoms with E-state index in [1.54, 1.807) is 24.3 Å². The molecule has 0 N–H and O–H groups in total. The average molecular weight is 272 g/mol. The van der Waals surface area contributed by atoms with Gasteiger partial charge in [0.25, 0.3) is 0 Å². The summed E-state index contributed by atoms with van der Waals surface area (Å²) in [6.07, 6.45) is 5.11.